The first-order valence-electron chi connectivity index (χ1n) is 39.1. The Hall–Kier alpha value is -13.6. The molecule has 60 heteroatoms. The van der Waals surface area contributed by atoms with Gasteiger partial charge in [-0.2, -0.15) is 275 Å². The Morgan fingerprint density at radius 3 is 0.400 bits per heavy atom. The molecule has 0 amide bonds. The monoisotopic (exact) mass is 2300 g/mol. The van der Waals surface area contributed by atoms with Crippen LogP contribution >= 0.6 is 0 Å². The fourth-order valence-corrected chi connectivity index (χ4v) is 14.5. The average molecular weight is 2300 g/mol. The number of fused-ring (bicyclic) bond motifs is 1. The molecule has 12 aromatic rings. The maximum atomic E-state index is 14.2. The van der Waals surface area contributed by atoms with Crippen molar-refractivity contribution in [2.75, 3.05) is 0 Å². The standard InChI is InChI=1S/2C32H12BF24.C18H12N4.4C2H3N.2Cu/c2*34-25(35,36)13-1-14(26(37,38)39)6-21(5-13)33(22-7-15(27(40,41)42)2-16(8-22)28(43,44)45,23-9-17(29(46,47)48)3-18(10-23)30(49,50)51)24-11-19(31(52,53)54)4-20(12-24)32(55,56)57;1-3-11-19-14(5-1)16-9-7-13-8-10-17(22-18(13)21-16)15-6-2-4-12-20-15;4*1-2-3;;/h2*1-12H;1-12H;4*1H3;;/q2*-1;;;;;;2*+1. The van der Waals surface area contributed by atoms with Gasteiger partial charge >= 0.3 is 133 Å². The number of nitrogens with zero attached hydrogens (tertiary/aromatic N) is 8. The number of rotatable bonds is 10. The van der Waals surface area contributed by atoms with Gasteiger partial charge in [-0.25, -0.2) is 9.97 Å². The zero-order chi connectivity index (χ0) is 113. The summed E-state index contributed by atoms with van der Waals surface area (Å²) >= 11 is 0. The molecule has 0 radical (unpaired) electrons. The Balaban J connectivity index is 0.000000471. The zero-order valence-corrected chi connectivity index (χ0v) is 75.1. The van der Waals surface area contributed by atoms with Gasteiger partial charge in [-0.3, -0.25) is 9.97 Å². The second-order valence-electron chi connectivity index (χ2n) is 30.2. The first-order valence-corrected chi connectivity index (χ1v) is 39.1. The fraction of sp³-hybridized carbons (Fsp3) is 0.222. The van der Waals surface area contributed by atoms with E-state index in [0.29, 0.717) is 5.65 Å². The van der Waals surface area contributed by atoms with E-state index in [1.165, 1.54) is 27.7 Å². The van der Waals surface area contributed by atoms with E-state index in [9.17, 15) is 211 Å². The molecule has 0 aliphatic rings. The third kappa shape index (κ3) is 32.2. The molecule has 8 aromatic carbocycles. The van der Waals surface area contributed by atoms with Crippen molar-refractivity contribution in [3.05, 3.63) is 308 Å². The van der Waals surface area contributed by atoms with Gasteiger partial charge in [0.15, 0.2) is 5.65 Å². The number of halogens is 48. The second kappa shape index (κ2) is 46.9. The van der Waals surface area contributed by atoms with Crippen molar-refractivity contribution >= 4 is 67.0 Å². The number of pyridine rings is 4. The first kappa shape index (κ1) is 129. The second-order valence-corrected chi connectivity index (χ2v) is 30.2. The molecule has 0 spiro atoms. The Kier molecular flexibility index (Phi) is 40.2. The van der Waals surface area contributed by atoms with Crippen LogP contribution in [0, 0.1) is 45.3 Å². The van der Waals surface area contributed by atoms with E-state index in [4.69, 9.17) is 21.0 Å². The van der Waals surface area contributed by atoms with Crippen LogP contribution < -0.4 is 43.7 Å². The van der Waals surface area contributed by atoms with Gasteiger partial charge in [0.2, 0.25) is 0 Å². The molecule has 0 aliphatic carbocycles. The van der Waals surface area contributed by atoms with Gasteiger partial charge in [0.05, 0.1) is 136 Å². The van der Waals surface area contributed by atoms with Crippen molar-refractivity contribution in [3.63, 3.8) is 0 Å². The predicted octanol–water partition coefficient (Wildman–Crippen LogP) is 28.3. The van der Waals surface area contributed by atoms with Crippen LogP contribution in [0.5, 0.6) is 0 Å². The van der Waals surface area contributed by atoms with E-state index < -0.39 is 389 Å². The van der Waals surface area contributed by atoms with Gasteiger partial charge in [0.25, 0.3) is 0 Å². The average Bonchev–Trinajstić information content (AvgIpc) is 0.708. The van der Waals surface area contributed by atoms with Gasteiger partial charge in [-0.05, 0) is 97.1 Å². The van der Waals surface area contributed by atoms with E-state index in [2.05, 4.69) is 19.9 Å². The fourth-order valence-electron chi connectivity index (χ4n) is 14.5. The number of hydrogen-bond donors (Lipinski definition) is 0. The molecule has 0 atom stereocenters. The Morgan fingerprint density at radius 2 is 0.300 bits per heavy atom. The molecule has 0 N–H and O–H groups in total. The predicted molar refractivity (Wildman–Crippen MR) is 431 cm³/mol. The van der Waals surface area contributed by atoms with E-state index in [1.54, 1.807) is 36.7 Å². The summed E-state index contributed by atoms with van der Waals surface area (Å²) in [5.74, 6) is 0. The summed E-state index contributed by atoms with van der Waals surface area (Å²) in [7, 11) is 0. The van der Waals surface area contributed by atoms with Crippen LogP contribution in [0.3, 0.4) is 0 Å². The minimum atomic E-state index is -6.13. The maximum absolute atomic E-state index is 14.2. The summed E-state index contributed by atoms with van der Waals surface area (Å²) in [6, 6.07) is 8.91. The number of hydrogen-bond acceptors (Lipinski definition) is 8. The summed E-state index contributed by atoms with van der Waals surface area (Å²) in [5.41, 5.74) is -56.4. The molecule has 0 aliphatic heterocycles. The summed E-state index contributed by atoms with van der Waals surface area (Å²) < 4.78 is 682. The summed E-state index contributed by atoms with van der Waals surface area (Å²) in [6.07, 6.45) is -106. The number of nitriles is 4. The molecule has 0 bridgehead atoms. The molecule has 0 fully saturated rings. The molecule has 150 heavy (non-hydrogen) atoms. The normalized spacial score (nSPS) is 12.7. The topological polar surface area (TPSA) is 147 Å². The van der Waals surface area contributed by atoms with Crippen LogP contribution in [0.1, 0.15) is 117 Å². The molecule has 0 saturated heterocycles. The van der Waals surface area contributed by atoms with E-state index >= 15 is 0 Å². The SMILES string of the molecule is CC#N.CC#N.CC#N.CC#N.FC(F)(F)c1cc([B-](c2cc(C(F)(F)F)cc(C(F)(F)F)c2)(c2cc(C(F)(F)F)cc(C(F)(F)F)c2)c2cc(C(F)(F)F)cc(C(F)(F)F)c2)cc(C(F)(F)F)c1.FC(F)(F)c1cc([B-](c2cc(C(F)(F)F)cc(C(F)(F)F)c2)(c2cc(C(F)(F)F)cc(C(F)(F)F)c2)c2cc(C(F)(F)F)cc(C(F)(F)F)c2)cc(C(F)(F)F)c1.[Cu+].[Cu+].c1ccc(-c2ccc3ccc(-c4ccccn4)nc3n2)nc1. The number of benzene rings is 8. The van der Waals surface area contributed by atoms with Crippen LogP contribution in [-0.2, 0) is 133 Å². The number of alkyl halides is 48. The number of aromatic nitrogens is 4. The van der Waals surface area contributed by atoms with Crippen LogP contribution in [0.25, 0.3) is 33.8 Å². The Labute approximate surface area is 830 Å². The molecule has 812 valence electrons. The van der Waals surface area contributed by atoms with E-state index in [-0.39, 0.29) is 34.1 Å². The van der Waals surface area contributed by atoms with Gasteiger partial charge in [0, 0.05) is 45.5 Å². The van der Waals surface area contributed by atoms with Crippen molar-refractivity contribution in [2.24, 2.45) is 0 Å². The molecule has 0 saturated carbocycles. The quantitative estimate of drug-likeness (QED) is 0.0971. The van der Waals surface area contributed by atoms with Crippen molar-refractivity contribution in [1.29, 1.82) is 21.0 Å². The van der Waals surface area contributed by atoms with Crippen molar-refractivity contribution < 1.29 is 245 Å². The molecule has 0 unspecified atom stereocenters. The Bertz CT molecular complexity index is 5570. The van der Waals surface area contributed by atoms with Crippen LogP contribution in [0.4, 0.5) is 211 Å². The maximum Gasteiger partial charge on any atom is 1.00 e. The van der Waals surface area contributed by atoms with E-state index in [1.807, 2.05) is 60.7 Å². The molecule has 12 rings (SSSR count). The zero-order valence-electron chi connectivity index (χ0n) is 73.3. The first-order chi connectivity index (χ1) is 67.1. The van der Waals surface area contributed by atoms with Gasteiger partial charge in [0.1, 0.15) is 12.3 Å². The van der Waals surface area contributed by atoms with Gasteiger partial charge in [-0.15, -0.1) is 0 Å². The third-order valence-corrected chi connectivity index (χ3v) is 20.3. The summed E-state index contributed by atoms with van der Waals surface area (Å²) in [6.45, 7) is 5.72. The largest absolute Gasteiger partial charge is 1.00 e. The smallest absolute Gasteiger partial charge is 0.255 e. The third-order valence-electron chi connectivity index (χ3n) is 20.3. The van der Waals surface area contributed by atoms with Crippen LogP contribution in [-0.4, -0.2) is 32.2 Å². The van der Waals surface area contributed by atoms with Crippen molar-refractivity contribution in [2.45, 2.75) is 127 Å². The van der Waals surface area contributed by atoms with Crippen LogP contribution in [0.15, 0.2) is 219 Å². The molecule has 4 aromatic heterocycles. The van der Waals surface area contributed by atoms with Gasteiger partial charge in [-0.1, -0.05) is 109 Å². The summed E-state index contributed by atoms with van der Waals surface area (Å²) in [5, 5.41) is 30.3. The van der Waals surface area contributed by atoms with Crippen molar-refractivity contribution in [3.8, 4) is 47.1 Å². The molecule has 8 nitrogen and oxygen atoms in total. The minimum Gasteiger partial charge on any atom is -0.255 e. The minimum absolute atomic E-state index is 0. The molecular weight excluding hydrogens is 2250 g/mol. The molecule has 4 heterocycles. The van der Waals surface area contributed by atoms with Gasteiger partial charge < -0.3 is 0 Å². The molecular formula is C90H48B2Cu2F48N8. The van der Waals surface area contributed by atoms with Crippen LogP contribution in [0.2, 0.25) is 0 Å². The Morgan fingerprint density at radius 1 is 0.180 bits per heavy atom. The van der Waals surface area contributed by atoms with Crippen molar-refractivity contribution in [1.82, 2.24) is 19.9 Å². The van der Waals surface area contributed by atoms with E-state index in [0.717, 1.165) is 28.2 Å². The summed E-state index contributed by atoms with van der Waals surface area (Å²) in [4.78, 5) is 17.9.